The van der Waals surface area contributed by atoms with E-state index in [1.54, 1.807) is 30.6 Å². The number of benzene rings is 2. The Morgan fingerprint density at radius 2 is 1.94 bits per heavy atom. The standard InChI is InChI=1S/C25H26ClN5O3S/c1-2-12-35(32,33)30-17-6-8-19(21(26)13-17)24-23(27)20-9-7-18(34-25-28-10-3-11-29-25)14-22(20)31(24)15-16-4-5-16/h3,6-11,13-14,16,30H,2,4-5,12,15,27H2,1H3. The second-order valence-electron chi connectivity index (χ2n) is 8.74. The Labute approximate surface area is 209 Å². The summed E-state index contributed by atoms with van der Waals surface area (Å²) in [6, 6.07) is 12.9. The second-order valence-corrected chi connectivity index (χ2v) is 11.0. The SMILES string of the molecule is CCCS(=O)(=O)Nc1ccc(-c2c(N)c3ccc(Oc4ncccn4)cc3n2CC2CC2)c(Cl)c1. The number of anilines is 2. The number of nitrogens with two attached hydrogens (primary N) is 1. The van der Waals surface area contributed by atoms with Crippen molar-refractivity contribution in [1.29, 1.82) is 0 Å². The largest absolute Gasteiger partial charge is 0.424 e. The number of fused-ring (bicyclic) bond motifs is 1. The predicted octanol–water partition coefficient (Wildman–Crippen LogP) is 5.69. The first-order valence-electron chi connectivity index (χ1n) is 11.5. The molecule has 0 saturated heterocycles. The van der Waals surface area contributed by atoms with E-state index >= 15 is 0 Å². The van der Waals surface area contributed by atoms with Crippen LogP contribution in [0.1, 0.15) is 26.2 Å². The average molecular weight is 512 g/mol. The Bertz CT molecular complexity index is 1480. The van der Waals surface area contributed by atoms with Crippen molar-refractivity contribution in [3.63, 3.8) is 0 Å². The first kappa shape index (κ1) is 23.4. The first-order valence-corrected chi connectivity index (χ1v) is 13.5. The van der Waals surface area contributed by atoms with Crippen molar-refractivity contribution >= 4 is 43.9 Å². The summed E-state index contributed by atoms with van der Waals surface area (Å²) in [6.45, 7) is 2.62. The molecule has 4 aromatic rings. The van der Waals surface area contributed by atoms with Crippen LogP contribution >= 0.6 is 11.6 Å². The van der Waals surface area contributed by atoms with Crippen LogP contribution in [0.5, 0.6) is 11.8 Å². The third kappa shape index (κ3) is 5.06. The van der Waals surface area contributed by atoms with Crippen LogP contribution in [0.3, 0.4) is 0 Å². The van der Waals surface area contributed by atoms with E-state index in [4.69, 9.17) is 22.1 Å². The molecule has 1 aliphatic carbocycles. The maximum Gasteiger partial charge on any atom is 0.321 e. The fraction of sp³-hybridized carbons (Fsp3) is 0.280. The fourth-order valence-electron chi connectivity index (χ4n) is 4.17. The van der Waals surface area contributed by atoms with Crippen LogP contribution in [-0.2, 0) is 16.6 Å². The van der Waals surface area contributed by atoms with E-state index in [1.807, 2.05) is 31.2 Å². The van der Waals surface area contributed by atoms with Crippen molar-refractivity contribution in [2.45, 2.75) is 32.7 Å². The molecule has 1 aliphatic rings. The molecule has 0 amide bonds. The van der Waals surface area contributed by atoms with E-state index < -0.39 is 10.0 Å². The van der Waals surface area contributed by atoms with Crippen molar-refractivity contribution in [3.05, 3.63) is 59.9 Å². The highest BCUT2D eigenvalue weighted by Crippen LogP contribution is 2.43. The third-order valence-corrected chi connectivity index (χ3v) is 7.74. The van der Waals surface area contributed by atoms with E-state index in [-0.39, 0.29) is 11.8 Å². The zero-order valence-electron chi connectivity index (χ0n) is 19.2. The molecule has 5 rings (SSSR count). The van der Waals surface area contributed by atoms with E-state index in [0.29, 0.717) is 34.5 Å². The minimum absolute atomic E-state index is 0.0490. The molecule has 0 aliphatic heterocycles. The quantitative estimate of drug-likeness (QED) is 0.298. The number of sulfonamides is 1. The number of halogens is 1. The highest BCUT2D eigenvalue weighted by Gasteiger charge is 2.27. The zero-order valence-corrected chi connectivity index (χ0v) is 20.8. The first-order chi connectivity index (χ1) is 16.8. The van der Waals surface area contributed by atoms with Crippen LogP contribution in [0.4, 0.5) is 11.4 Å². The lowest BCUT2D eigenvalue weighted by atomic mass is 10.1. The lowest BCUT2D eigenvalue weighted by molar-refractivity contribution is 0.442. The Kier molecular flexibility index (Phi) is 6.29. The van der Waals surface area contributed by atoms with Crippen LogP contribution in [-0.4, -0.2) is 28.7 Å². The van der Waals surface area contributed by atoms with Crippen molar-refractivity contribution in [3.8, 4) is 23.0 Å². The summed E-state index contributed by atoms with van der Waals surface area (Å²) in [4.78, 5) is 8.26. The molecule has 3 N–H and O–H groups in total. The molecule has 10 heteroatoms. The highest BCUT2D eigenvalue weighted by molar-refractivity contribution is 7.92. The number of hydrogen-bond donors (Lipinski definition) is 2. The molecular formula is C25H26ClN5O3S. The number of nitrogens with one attached hydrogen (secondary N) is 1. The van der Waals surface area contributed by atoms with Crippen LogP contribution < -0.4 is 15.2 Å². The van der Waals surface area contributed by atoms with Gasteiger partial charge >= 0.3 is 6.01 Å². The summed E-state index contributed by atoms with van der Waals surface area (Å²) < 4.78 is 35.0. The molecule has 0 atom stereocenters. The maximum atomic E-state index is 12.2. The molecule has 8 nitrogen and oxygen atoms in total. The van der Waals surface area contributed by atoms with E-state index in [0.717, 1.165) is 28.7 Å². The van der Waals surface area contributed by atoms with Gasteiger partial charge in [-0.2, -0.15) is 0 Å². The van der Waals surface area contributed by atoms with E-state index in [2.05, 4.69) is 19.3 Å². The topological polar surface area (TPSA) is 112 Å². The Balaban J connectivity index is 1.57. The van der Waals surface area contributed by atoms with Gasteiger partial charge in [-0.3, -0.25) is 4.72 Å². The van der Waals surface area contributed by atoms with Crippen LogP contribution in [0.2, 0.25) is 5.02 Å². The molecule has 0 radical (unpaired) electrons. The van der Waals surface area contributed by atoms with Crippen LogP contribution in [0, 0.1) is 5.92 Å². The lowest BCUT2D eigenvalue weighted by Gasteiger charge is -2.14. The third-order valence-electron chi connectivity index (χ3n) is 5.93. The van der Waals surface area contributed by atoms with Gasteiger partial charge in [0.2, 0.25) is 10.0 Å². The normalized spacial score (nSPS) is 13.8. The monoisotopic (exact) mass is 511 g/mol. The van der Waals surface area contributed by atoms with Gasteiger partial charge in [0, 0.05) is 41.6 Å². The van der Waals surface area contributed by atoms with Gasteiger partial charge in [0.25, 0.3) is 0 Å². The van der Waals surface area contributed by atoms with Gasteiger partial charge in [0.15, 0.2) is 0 Å². The number of aromatic nitrogens is 3. The van der Waals surface area contributed by atoms with Gasteiger partial charge in [0.1, 0.15) is 5.75 Å². The van der Waals surface area contributed by atoms with Gasteiger partial charge in [-0.05, 0) is 61.6 Å². The van der Waals surface area contributed by atoms with Crippen molar-refractivity contribution in [1.82, 2.24) is 14.5 Å². The van der Waals surface area contributed by atoms with Crippen LogP contribution in [0.15, 0.2) is 54.9 Å². The molecule has 0 unspecified atom stereocenters. The number of nitrogens with zero attached hydrogens (tertiary/aromatic N) is 3. The Morgan fingerprint density at radius 1 is 1.17 bits per heavy atom. The minimum Gasteiger partial charge on any atom is -0.424 e. The van der Waals surface area contributed by atoms with Crippen molar-refractivity contribution in [2.24, 2.45) is 5.92 Å². The summed E-state index contributed by atoms with van der Waals surface area (Å²) in [5, 5.41) is 1.31. The van der Waals surface area contributed by atoms with Gasteiger partial charge < -0.3 is 15.0 Å². The predicted molar refractivity (Wildman–Crippen MR) is 139 cm³/mol. The number of rotatable bonds is 9. The molecule has 0 bridgehead atoms. The molecular weight excluding hydrogens is 486 g/mol. The van der Waals surface area contributed by atoms with Crippen molar-refractivity contribution in [2.75, 3.05) is 16.2 Å². The minimum atomic E-state index is -3.42. The zero-order chi connectivity index (χ0) is 24.6. The molecule has 35 heavy (non-hydrogen) atoms. The van der Waals surface area contributed by atoms with Crippen LogP contribution in [0.25, 0.3) is 22.2 Å². The molecule has 182 valence electrons. The molecule has 2 aromatic carbocycles. The van der Waals surface area contributed by atoms with Gasteiger partial charge in [-0.1, -0.05) is 18.5 Å². The number of nitrogen functional groups attached to an aromatic ring is 1. The summed E-state index contributed by atoms with van der Waals surface area (Å²) in [5.41, 5.74) is 10.2. The van der Waals surface area contributed by atoms with Gasteiger partial charge in [-0.25, -0.2) is 18.4 Å². The Hall–Kier alpha value is -3.30. The molecule has 2 aromatic heterocycles. The number of ether oxygens (including phenoxy) is 1. The molecule has 2 heterocycles. The fourth-order valence-corrected chi connectivity index (χ4v) is 5.57. The van der Waals surface area contributed by atoms with E-state index in [9.17, 15) is 8.42 Å². The van der Waals surface area contributed by atoms with Gasteiger partial charge in [0.05, 0.1) is 27.7 Å². The average Bonchev–Trinajstić information content (AvgIpc) is 3.60. The lowest BCUT2D eigenvalue weighted by Crippen LogP contribution is -2.16. The summed E-state index contributed by atoms with van der Waals surface area (Å²) in [7, 11) is -3.42. The highest BCUT2D eigenvalue weighted by atomic mass is 35.5. The molecule has 0 spiro atoms. The summed E-state index contributed by atoms with van der Waals surface area (Å²) in [6.07, 6.45) is 6.11. The number of hydrogen-bond acceptors (Lipinski definition) is 6. The second kappa shape index (κ2) is 9.39. The molecule has 1 saturated carbocycles. The smallest absolute Gasteiger partial charge is 0.321 e. The van der Waals surface area contributed by atoms with Gasteiger partial charge in [-0.15, -0.1) is 0 Å². The summed E-state index contributed by atoms with van der Waals surface area (Å²) in [5.74, 6) is 1.23. The molecule has 1 fully saturated rings. The Morgan fingerprint density at radius 3 is 2.63 bits per heavy atom. The maximum absolute atomic E-state index is 12.2. The van der Waals surface area contributed by atoms with Crippen molar-refractivity contribution < 1.29 is 13.2 Å². The summed E-state index contributed by atoms with van der Waals surface area (Å²) >= 11 is 6.69. The van der Waals surface area contributed by atoms with E-state index in [1.165, 1.54) is 12.8 Å².